The maximum atomic E-state index is 4.16. The van der Waals surface area contributed by atoms with E-state index in [2.05, 4.69) is 41.8 Å². The summed E-state index contributed by atoms with van der Waals surface area (Å²) in [6, 6.07) is 0. The molecule has 0 unspecified atom stereocenters. The minimum atomic E-state index is 1.03. The molecule has 0 aromatic rings. The van der Waals surface area contributed by atoms with Gasteiger partial charge >= 0.3 is 0 Å². The average Bonchev–Trinajstić information content (AvgIpc) is 1.96. The van der Waals surface area contributed by atoms with E-state index in [1.807, 2.05) is 11.8 Å². The molecule has 0 aromatic carbocycles. The molecule has 0 aromatic heterocycles. The van der Waals surface area contributed by atoms with E-state index < -0.39 is 0 Å². The SMILES string of the molecule is C=C(I)SCCCCCCS. The molecule has 66 valence electrons. The number of unbranched alkanes of at least 4 members (excludes halogenated alkanes) is 3. The van der Waals surface area contributed by atoms with Crippen molar-refractivity contribution in [2.45, 2.75) is 25.7 Å². The van der Waals surface area contributed by atoms with Crippen molar-refractivity contribution in [1.29, 1.82) is 0 Å². The Morgan fingerprint density at radius 1 is 1.27 bits per heavy atom. The fourth-order valence-corrected chi connectivity index (χ4v) is 2.20. The molecule has 0 fully saturated rings. The molecule has 0 spiro atoms. The second-order valence-electron chi connectivity index (χ2n) is 2.34. The van der Waals surface area contributed by atoms with E-state index >= 15 is 0 Å². The van der Waals surface area contributed by atoms with Crippen LogP contribution in [-0.2, 0) is 0 Å². The largest absolute Gasteiger partial charge is 0.179 e. The average molecular weight is 302 g/mol. The predicted molar refractivity (Wildman–Crippen MR) is 67.9 cm³/mol. The molecular weight excluding hydrogens is 287 g/mol. The van der Waals surface area contributed by atoms with E-state index in [0.717, 1.165) is 5.75 Å². The first kappa shape index (κ1) is 12.2. The van der Waals surface area contributed by atoms with Crippen molar-refractivity contribution < 1.29 is 0 Å². The maximum Gasteiger partial charge on any atom is 0.0385 e. The quantitative estimate of drug-likeness (QED) is 0.419. The first-order valence-electron chi connectivity index (χ1n) is 3.85. The van der Waals surface area contributed by atoms with Gasteiger partial charge in [-0.05, 0) is 46.9 Å². The highest BCUT2D eigenvalue weighted by atomic mass is 127. The second-order valence-corrected chi connectivity index (χ2v) is 6.01. The van der Waals surface area contributed by atoms with Gasteiger partial charge in [-0.2, -0.15) is 12.6 Å². The molecule has 3 heteroatoms. The highest BCUT2D eigenvalue weighted by molar-refractivity contribution is 14.1. The van der Waals surface area contributed by atoms with Crippen molar-refractivity contribution in [3.05, 3.63) is 9.49 Å². The molecule has 0 radical (unpaired) electrons. The van der Waals surface area contributed by atoms with Crippen LogP contribution in [0.3, 0.4) is 0 Å². The van der Waals surface area contributed by atoms with Crippen LogP contribution in [0.5, 0.6) is 0 Å². The lowest BCUT2D eigenvalue weighted by molar-refractivity contribution is 0.712. The van der Waals surface area contributed by atoms with Gasteiger partial charge in [-0.25, -0.2) is 0 Å². The third-order valence-electron chi connectivity index (χ3n) is 1.31. The topological polar surface area (TPSA) is 0 Å². The molecule has 0 atom stereocenters. The van der Waals surface area contributed by atoms with E-state index in [-0.39, 0.29) is 0 Å². The summed E-state index contributed by atoms with van der Waals surface area (Å²) in [6.07, 6.45) is 5.26. The van der Waals surface area contributed by atoms with Gasteiger partial charge in [-0.15, -0.1) is 11.8 Å². The number of rotatable bonds is 7. The molecule has 0 aliphatic carbocycles. The van der Waals surface area contributed by atoms with Crippen LogP contribution in [0.25, 0.3) is 0 Å². The number of hydrogen-bond acceptors (Lipinski definition) is 2. The Bertz CT molecular complexity index is 104. The number of thiol groups is 1. The van der Waals surface area contributed by atoms with Crippen LogP contribution in [0.1, 0.15) is 25.7 Å². The van der Waals surface area contributed by atoms with Gasteiger partial charge in [0, 0.05) is 2.91 Å². The van der Waals surface area contributed by atoms with Gasteiger partial charge in [0.1, 0.15) is 0 Å². The standard InChI is InChI=1S/C8H15IS2/c1-8(9)11-7-5-3-2-4-6-10/h10H,1-7H2. The Morgan fingerprint density at radius 2 is 1.91 bits per heavy atom. The third-order valence-corrected chi connectivity index (χ3v) is 3.37. The molecule has 0 amide bonds. The second kappa shape index (κ2) is 9.26. The Kier molecular flexibility index (Phi) is 10.2. The minimum absolute atomic E-state index is 1.03. The Hall–Kier alpha value is 1.17. The first-order valence-corrected chi connectivity index (χ1v) is 6.55. The molecule has 0 aliphatic rings. The van der Waals surface area contributed by atoms with Gasteiger partial charge in [0.25, 0.3) is 0 Å². The van der Waals surface area contributed by atoms with Gasteiger partial charge in [-0.1, -0.05) is 19.4 Å². The highest BCUT2D eigenvalue weighted by Gasteiger charge is 1.90. The lowest BCUT2D eigenvalue weighted by Crippen LogP contribution is -1.81. The van der Waals surface area contributed by atoms with Gasteiger partial charge in [-0.3, -0.25) is 0 Å². The highest BCUT2D eigenvalue weighted by Crippen LogP contribution is 2.21. The lowest BCUT2D eigenvalue weighted by Gasteiger charge is -1.98. The van der Waals surface area contributed by atoms with E-state index in [1.165, 1.54) is 34.3 Å². The lowest BCUT2D eigenvalue weighted by atomic mass is 10.2. The molecule has 0 N–H and O–H groups in total. The zero-order valence-electron chi connectivity index (χ0n) is 6.68. The Morgan fingerprint density at radius 3 is 2.45 bits per heavy atom. The molecular formula is C8H15IS2. The molecule has 0 bridgehead atoms. The molecule has 11 heavy (non-hydrogen) atoms. The molecule has 0 heterocycles. The maximum absolute atomic E-state index is 4.16. The monoisotopic (exact) mass is 302 g/mol. The summed E-state index contributed by atoms with van der Waals surface area (Å²) in [5.41, 5.74) is 0. The summed E-state index contributed by atoms with van der Waals surface area (Å²) >= 11 is 8.29. The summed E-state index contributed by atoms with van der Waals surface area (Å²) in [4.78, 5) is 0. The predicted octanol–water partition coefficient (Wildman–Crippen LogP) is 4.12. The summed E-state index contributed by atoms with van der Waals surface area (Å²) < 4.78 is 1.21. The van der Waals surface area contributed by atoms with Gasteiger partial charge < -0.3 is 0 Å². The van der Waals surface area contributed by atoms with Crippen molar-refractivity contribution in [3.63, 3.8) is 0 Å². The van der Waals surface area contributed by atoms with Crippen LogP contribution in [-0.4, -0.2) is 11.5 Å². The van der Waals surface area contributed by atoms with Crippen molar-refractivity contribution >= 4 is 47.0 Å². The fourth-order valence-electron chi connectivity index (χ4n) is 0.750. The zero-order valence-corrected chi connectivity index (χ0v) is 10.6. The fraction of sp³-hybridized carbons (Fsp3) is 0.750. The van der Waals surface area contributed by atoms with Crippen LogP contribution in [0.15, 0.2) is 9.49 Å². The molecule has 0 saturated heterocycles. The van der Waals surface area contributed by atoms with Crippen LogP contribution in [0.2, 0.25) is 0 Å². The van der Waals surface area contributed by atoms with E-state index in [1.54, 1.807) is 0 Å². The summed E-state index contributed by atoms with van der Waals surface area (Å²) in [5, 5.41) is 0. The summed E-state index contributed by atoms with van der Waals surface area (Å²) in [5.74, 6) is 2.26. The van der Waals surface area contributed by atoms with E-state index in [9.17, 15) is 0 Å². The van der Waals surface area contributed by atoms with Gasteiger partial charge in [0.15, 0.2) is 0 Å². The third kappa shape index (κ3) is 11.2. The van der Waals surface area contributed by atoms with Crippen molar-refractivity contribution in [3.8, 4) is 0 Å². The van der Waals surface area contributed by atoms with E-state index in [0.29, 0.717) is 0 Å². The summed E-state index contributed by atoms with van der Waals surface area (Å²) in [6.45, 7) is 3.83. The smallest absolute Gasteiger partial charge is 0.0385 e. The molecule has 0 aliphatic heterocycles. The van der Waals surface area contributed by atoms with E-state index in [4.69, 9.17) is 0 Å². The van der Waals surface area contributed by atoms with Crippen molar-refractivity contribution in [2.24, 2.45) is 0 Å². The normalized spacial score (nSPS) is 10.0. The number of thioether (sulfide) groups is 1. The number of halogens is 1. The van der Waals surface area contributed by atoms with Crippen LogP contribution in [0.4, 0.5) is 0 Å². The number of hydrogen-bond donors (Lipinski definition) is 1. The summed E-state index contributed by atoms with van der Waals surface area (Å²) in [7, 11) is 0. The minimum Gasteiger partial charge on any atom is -0.179 e. The van der Waals surface area contributed by atoms with Crippen molar-refractivity contribution in [1.82, 2.24) is 0 Å². The van der Waals surface area contributed by atoms with Crippen LogP contribution < -0.4 is 0 Å². The van der Waals surface area contributed by atoms with Gasteiger partial charge in [0.2, 0.25) is 0 Å². The first-order chi connectivity index (χ1) is 5.27. The molecule has 0 saturated carbocycles. The van der Waals surface area contributed by atoms with Crippen molar-refractivity contribution in [2.75, 3.05) is 11.5 Å². The Labute approximate surface area is 93.1 Å². The molecule has 0 rings (SSSR count). The van der Waals surface area contributed by atoms with Gasteiger partial charge in [0.05, 0.1) is 0 Å². The van der Waals surface area contributed by atoms with Crippen LogP contribution in [0, 0.1) is 0 Å². The molecule has 0 nitrogen and oxygen atoms in total. The van der Waals surface area contributed by atoms with Crippen LogP contribution >= 0.6 is 47.0 Å². The Balaban J connectivity index is 2.85. The zero-order chi connectivity index (χ0) is 8.53.